The maximum atomic E-state index is 13.2. The fourth-order valence-corrected chi connectivity index (χ4v) is 3.98. The number of oxazole rings is 1. The van der Waals surface area contributed by atoms with Gasteiger partial charge in [0.15, 0.2) is 24.5 Å². The molecule has 31 heavy (non-hydrogen) atoms. The number of aromatic nitrogens is 2. The molecule has 154 valence electrons. The molecular formula is C25H17Br2FN2O. The van der Waals surface area contributed by atoms with Crippen molar-refractivity contribution in [2.75, 3.05) is 0 Å². The molecule has 0 aliphatic rings. The molecule has 0 spiro atoms. The third-order valence-corrected chi connectivity index (χ3v) is 5.34. The molecule has 0 saturated heterocycles. The van der Waals surface area contributed by atoms with Gasteiger partial charge < -0.3 is 21.4 Å². The third-order valence-electron chi connectivity index (χ3n) is 4.91. The Morgan fingerprint density at radius 1 is 0.839 bits per heavy atom. The van der Waals surface area contributed by atoms with Gasteiger partial charge in [0.1, 0.15) is 16.9 Å². The van der Waals surface area contributed by atoms with Crippen LogP contribution in [0, 0.1) is 5.82 Å². The van der Waals surface area contributed by atoms with Crippen molar-refractivity contribution < 1.29 is 30.4 Å². The third kappa shape index (κ3) is 4.75. The van der Waals surface area contributed by atoms with Crippen LogP contribution in [0.4, 0.5) is 4.39 Å². The van der Waals surface area contributed by atoms with E-state index in [0.29, 0.717) is 12.4 Å². The molecule has 5 rings (SSSR count). The molecule has 0 radical (unpaired) electrons. The van der Waals surface area contributed by atoms with Gasteiger partial charge in [0, 0.05) is 5.56 Å². The summed E-state index contributed by atoms with van der Waals surface area (Å²) in [6.45, 7) is 0.616. The van der Waals surface area contributed by atoms with E-state index in [4.69, 9.17) is 9.40 Å². The van der Waals surface area contributed by atoms with Gasteiger partial charge in [-0.15, -0.1) is 0 Å². The Kier molecular flexibility index (Phi) is 6.30. The zero-order valence-electron chi connectivity index (χ0n) is 16.3. The number of benzene rings is 3. The Balaban J connectivity index is 0.00000231. The zero-order chi connectivity index (χ0) is 20.5. The van der Waals surface area contributed by atoms with E-state index in [-0.39, 0.29) is 22.8 Å². The highest BCUT2D eigenvalue weighted by Gasteiger charge is 2.15. The quantitative estimate of drug-likeness (QED) is 0.328. The second-order valence-corrected chi connectivity index (χ2v) is 8.02. The molecule has 2 aromatic heterocycles. The lowest BCUT2D eigenvalue weighted by atomic mass is 10.1. The van der Waals surface area contributed by atoms with Gasteiger partial charge in [-0.1, -0.05) is 36.4 Å². The summed E-state index contributed by atoms with van der Waals surface area (Å²) in [5.74, 6) is 0.324. The molecule has 0 bridgehead atoms. The van der Waals surface area contributed by atoms with Gasteiger partial charge in [-0.3, -0.25) is 0 Å². The summed E-state index contributed by atoms with van der Waals surface area (Å²) >= 11 is 3.57. The Morgan fingerprint density at radius 2 is 1.61 bits per heavy atom. The van der Waals surface area contributed by atoms with E-state index in [2.05, 4.69) is 28.1 Å². The van der Waals surface area contributed by atoms with Crippen molar-refractivity contribution in [3.05, 3.63) is 107 Å². The summed E-state index contributed by atoms with van der Waals surface area (Å²) in [4.78, 5) is 4.72. The van der Waals surface area contributed by atoms with Gasteiger partial charge in [0.05, 0.1) is 4.47 Å². The number of hydrogen-bond donors (Lipinski definition) is 0. The van der Waals surface area contributed by atoms with Gasteiger partial charge in [-0.05, 0) is 69.5 Å². The second-order valence-electron chi connectivity index (χ2n) is 7.11. The fourth-order valence-electron chi connectivity index (χ4n) is 3.47. The van der Waals surface area contributed by atoms with Crippen LogP contribution in [-0.4, -0.2) is 4.98 Å². The van der Waals surface area contributed by atoms with E-state index in [1.807, 2.05) is 59.4 Å². The van der Waals surface area contributed by atoms with Crippen molar-refractivity contribution >= 4 is 27.0 Å². The Bertz CT molecular complexity index is 1340. The monoisotopic (exact) mass is 538 g/mol. The van der Waals surface area contributed by atoms with Gasteiger partial charge in [-0.2, -0.15) is 4.57 Å². The molecule has 6 heteroatoms. The standard InChI is InChI=1S/C25H17BrFN2O.BrH/c26-21-12-20(15-29(16-21)14-17-6-9-22(27)10-7-17)25-28-23-13-19(8-11-24(23)30-25)18-4-2-1-3-5-18;/h1-13,15-16H,14H2;1H/q+1;/p-1. The minimum atomic E-state index is -0.236. The first-order chi connectivity index (χ1) is 14.6. The Hall–Kier alpha value is -2.83. The highest BCUT2D eigenvalue weighted by Crippen LogP contribution is 2.29. The average molecular weight is 540 g/mol. The van der Waals surface area contributed by atoms with Crippen molar-refractivity contribution in [2.24, 2.45) is 0 Å². The summed E-state index contributed by atoms with van der Waals surface area (Å²) in [5, 5.41) is 0. The van der Waals surface area contributed by atoms with Crippen LogP contribution >= 0.6 is 15.9 Å². The number of nitrogens with zero attached hydrogens (tertiary/aromatic N) is 2. The van der Waals surface area contributed by atoms with E-state index in [0.717, 1.165) is 37.8 Å². The number of fused-ring (bicyclic) bond motifs is 1. The van der Waals surface area contributed by atoms with Gasteiger partial charge in [-0.25, -0.2) is 9.37 Å². The topological polar surface area (TPSA) is 29.9 Å². The van der Waals surface area contributed by atoms with E-state index >= 15 is 0 Å². The molecule has 3 nitrogen and oxygen atoms in total. The Labute approximate surface area is 198 Å². The summed E-state index contributed by atoms with van der Waals surface area (Å²) < 4.78 is 22.1. The molecule has 3 aromatic carbocycles. The lowest BCUT2D eigenvalue weighted by molar-refractivity contribution is -0.688. The first-order valence-corrected chi connectivity index (χ1v) is 10.3. The lowest BCUT2D eigenvalue weighted by Crippen LogP contribution is -3.00. The first kappa shape index (κ1) is 21.4. The van der Waals surface area contributed by atoms with Gasteiger partial charge in [0.2, 0.25) is 5.89 Å². The first-order valence-electron chi connectivity index (χ1n) is 9.54. The number of hydrogen-bond acceptors (Lipinski definition) is 2. The number of rotatable bonds is 4. The predicted octanol–water partition coefficient (Wildman–Crippen LogP) is 3.40. The van der Waals surface area contributed by atoms with Crippen molar-refractivity contribution in [3.63, 3.8) is 0 Å². The molecule has 0 unspecified atom stereocenters. The van der Waals surface area contributed by atoms with Crippen LogP contribution in [0.15, 0.2) is 100 Å². The highest BCUT2D eigenvalue weighted by atomic mass is 79.9. The second kappa shape index (κ2) is 9.12. The molecule has 0 fully saturated rings. The van der Waals surface area contributed by atoms with E-state index in [1.165, 1.54) is 12.1 Å². The molecule has 0 N–H and O–H groups in total. The van der Waals surface area contributed by atoms with E-state index < -0.39 is 0 Å². The molecule has 0 saturated carbocycles. The molecule has 0 aliphatic carbocycles. The van der Waals surface area contributed by atoms with Gasteiger partial charge >= 0.3 is 0 Å². The molecule has 0 atom stereocenters. The minimum Gasteiger partial charge on any atom is -1.00 e. The van der Waals surface area contributed by atoms with Crippen LogP contribution < -0.4 is 21.5 Å². The zero-order valence-corrected chi connectivity index (χ0v) is 19.5. The van der Waals surface area contributed by atoms with Crippen molar-refractivity contribution in [1.29, 1.82) is 0 Å². The normalized spacial score (nSPS) is 10.8. The van der Waals surface area contributed by atoms with Crippen LogP contribution in [0.25, 0.3) is 33.7 Å². The SMILES string of the molecule is Fc1ccc(C[n+]2cc(Br)cc(-c3nc4cc(-c5ccccc5)ccc4o3)c2)cc1.[Br-]. The number of pyridine rings is 1. The van der Waals surface area contributed by atoms with Crippen molar-refractivity contribution in [1.82, 2.24) is 4.98 Å². The molecule has 0 amide bonds. The minimum absolute atomic E-state index is 0. The molecule has 5 aromatic rings. The van der Waals surface area contributed by atoms with E-state index in [9.17, 15) is 4.39 Å². The van der Waals surface area contributed by atoms with Crippen LogP contribution in [0.5, 0.6) is 0 Å². The largest absolute Gasteiger partial charge is 1.00 e. The van der Waals surface area contributed by atoms with Crippen molar-refractivity contribution in [2.45, 2.75) is 6.54 Å². The summed E-state index contributed by atoms with van der Waals surface area (Å²) in [7, 11) is 0. The maximum absolute atomic E-state index is 13.2. The highest BCUT2D eigenvalue weighted by molar-refractivity contribution is 9.10. The van der Waals surface area contributed by atoms with Crippen LogP contribution in [0.3, 0.4) is 0 Å². The van der Waals surface area contributed by atoms with Crippen LogP contribution in [0.1, 0.15) is 5.56 Å². The fraction of sp³-hybridized carbons (Fsp3) is 0.0400. The molecule has 0 aliphatic heterocycles. The van der Waals surface area contributed by atoms with Crippen molar-refractivity contribution in [3.8, 4) is 22.6 Å². The summed E-state index contributed by atoms with van der Waals surface area (Å²) in [6.07, 6.45) is 3.96. The summed E-state index contributed by atoms with van der Waals surface area (Å²) in [5.41, 5.74) is 5.68. The van der Waals surface area contributed by atoms with Crippen LogP contribution in [-0.2, 0) is 6.54 Å². The molecule has 2 heterocycles. The van der Waals surface area contributed by atoms with Gasteiger partial charge in [0.25, 0.3) is 0 Å². The van der Waals surface area contributed by atoms with Crippen LogP contribution in [0.2, 0.25) is 0 Å². The summed E-state index contributed by atoms with van der Waals surface area (Å²) in [6, 6.07) is 24.7. The predicted molar refractivity (Wildman–Crippen MR) is 118 cm³/mol. The van der Waals surface area contributed by atoms with E-state index in [1.54, 1.807) is 12.1 Å². The molecular weight excluding hydrogens is 523 g/mol. The maximum Gasteiger partial charge on any atom is 0.233 e. The smallest absolute Gasteiger partial charge is 0.233 e. The average Bonchev–Trinajstić information content (AvgIpc) is 3.19. The Morgan fingerprint density at radius 3 is 2.39 bits per heavy atom. The lowest BCUT2D eigenvalue weighted by Gasteiger charge is -2.01. The number of halogens is 3.